The van der Waals surface area contributed by atoms with E-state index in [2.05, 4.69) is 0 Å². The normalized spacial score (nSPS) is 13.6. The van der Waals surface area contributed by atoms with Crippen LogP contribution in [0.4, 0.5) is 26.3 Å². The van der Waals surface area contributed by atoms with Crippen molar-refractivity contribution in [1.29, 1.82) is 0 Å². The van der Waals surface area contributed by atoms with E-state index in [1.54, 1.807) is 26.0 Å². The van der Waals surface area contributed by atoms with Crippen LogP contribution >= 0.6 is 0 Å². The largest absolute Gasteiger partial charge is 0.416 e. The lowest BCUT2D eigenvalue weighted by Crippen LogP contribution is -2.12. The van der Waals surface area contributed by atoms with Crippen molar-refractivity contribution in [2.75, 3.05) is 0 Å². The van der Waals surface area contributed by atoms with Gasteiger partial charge in [-0.2, -0.15) is 26.3 Å². The quantitative estimate of drug-likeness (QED) is 0.184. The summed E-state index contributed by atoms with van der Waals surface area (Å²) >= 11 is 0. The van der Waals surface area contributed by atoms with Crippen molar-refractivity contribution in [2.45, 2.75) is 26.2 Å². The molecule has 42 heavy (non-hydrogen) atoms. The van der Waals surface area contributed by atoms with E-state index in [4.69, 9.17) is 0 Å². The van der Waals surface area contributed by atoms with Crippen LogP contribution < -0.4 is 10.4 Å². The molecule has 5 aromatic carbocycles. The first-order chi connectivity index (χ1) is 19.9. The van der Waals surface area contributed by atoms with E-state index in [1.807, 2.05) is 60.7 Å². The molecule has 0 spiro atoms. The van der Waals surface area contributed by atoms with Gasteiger partial charge in [0.2, 0.25) is 0 Å². The van der Waals surface area contributed by atoms with Crippen molar-refractivity contribution >= 4 is 11.1 Å². The topological polar surface area (TPSA) is 0 Å². The molecule has 2 aliphatic carbocycles. The second-order valence-corrected chi connectivity index (χ2v) is 11.0. The van der Waals surface area contributed by atoms with Crippen LogP contribution in [0.3, 0.4) is 0 Å². The second kappa shape index (κ2) is 8.96. The van der Waals surface area contributed by atoms with E-state index in [0.717, 1.165) is 55.3 Å². The van der Waals surface area contributed by atoms with Crippen molar-refractivity contribution in [3.63, 3.8) is 0 Å². The Morgan fingerprint density at radius 2 is 0.881 bits per heavy atom. The number of aryl methyl sites for hydroxylation is 2. The second-order valence-electron chi connectivity index (χ2n) is 11.0. The molecule has 0 aromatic heterocycles. The van der Waals surface area contributed by atoms with Crippen LogP contribution in [0.2, 0.25) is 0 Å². The Kier molecular flexibility index (Phi) is 5.62. The Hall–Kier alpha value is -4.58. The molecule has 0 atom stereocenters. The van der Waals surface area contributed by atoms with Gasteiger partial charge in [0.15, 0.2) is 0 Å². The lowest BCUT2D eigenvalue weighted by Gasteiger charge is -2.14. The molecule has 0 nitrogen and oxygen atoms in total. The van der Waals surface area contributed by atoms with Crippen LogP contribution in [-0.4, -0.2) is 0 Å². The monoisotopic (exact) mass is 568 g/mol. The summed E-state index contributed by atoms with van der Waals surface area (Å²) in [5.74, 6) is 0. The van der Waals surface area contributed by atoms with Crippen LogP contribution in [-0.2, 0) is 12.4 Å². The fourth-order valence-corrected chi connectivity index (χ4v) is 6.43. The number of hydrogen-bond acceptors (Lipinski definition) is 0. The SMILES string of the molecule is Cc1cc(C2=c3cc4c(cc3-c3ccccc32)=c2ccccc2=C4c2cc(C)cc(C(F)(F)F)c2)cc(C(F)(F)F)c1. The van der Waals surface area contributed by atoms with Crippen molar-refractivity contribution < 1.29 is 26.3 Å². The van der Waals surface area contributed by atoms with Gasteiger partial charge in [-0.1, -0.05) is 60.7 Å². The van der Waals surface area contributed by atoms with E-state index in [1.165, 1.54) is 12.1 Å². The van der Waals surface area contributed by atoms with Gasteiger partial charge in [-0.05, 0) is 127 Å². The summed E-state index contributed by atoms with van der Waals surface area (Å²) in [6.07, 6.45) is -9.02. The zero-order valence-corrected chi connectivity index (χ0v) is 22.5. The summed E-state index contributed by atoms with van der Waals surface area (Å²) < 4.78 is 83.1. The van der Waals surface area contributed by atoms with Crippen molar-refractivity contribution in [3.8, 4) is 11.1 Å². The number of alkyl halides is 6. The molecule has 0 bridgehead atoms. The zero-order valence-electron chi connectivity index (χ0n) is 22.5. The fraction of sp³-hybridized carbons (Fsp3) is 0.111. The molecule has 0 aliphatic heterocycles. The summed E-state index contributed by atoms with van der Waals surface area (Å²) in [4.78, 5) is 0. The zero-order chi connectivity index (χ0) is 29.6. The first-order valence-electron chi connectivity index (χ1n) is 13.4. The molecule has 7 rings (SSSR count). The third-order valence-electron chi connectivity index (χ3n) is 8.06. The van der Waals surface area contributed by atoms with Gasteiger partial charge >= 0.3 is 12.4 Å². The van der Waals surface area contributed by atoms with Crippen molar-refractivity contribution in [2.24, 2.45) is 0 Å². The molecule has 0 amide bonds. The summed E-state index contributed by atoms with van der Waals surface area (Å²) in [6, 6.07) is 27.3. The molecule has 0 saturated carbocycles. The Bertz CT molecular complexity index is 2180. The molecular formula is C36H22F6. The predicted molar refractivity (Wildman–Crippen MR) is 151 cm³/mol. The highest BCUT2D eigenvalue weighted by Gasteiger charge is 2.33. The molecule has 0 fully saturated rings. The summed E-state index contributed by atoms with van der Waals surface area (Å²) in [5.41, 5.74) is 5.11. The van der Waals surface area contributed by atoms with E-state index in [9.17, 15) is 26.3 Å². The smallest absolute Gasteiger partial charge is 0.166 e. The van der Waals surface area contributed by atoms with Gasteiger partial charge in [0.05, 0.1) is 11.1 Å². The number of rotatable bonds is 2. The summed E-state index contributed by atoms with van der Waals surface area (Å²) in [6.45, 7) is 3.28. The molecule has 0 saturated heterocycles. The van der Waals surface area contributed by atoms with E-state index >= 15 is 0 Å². The van der Waals surface area contributed by atoms with Gasteiger partial charge in [-0.25, -0.2) is 0 Å². The predicted octanol–water partition coefficient (Wildman–Crippen LogP) is 8.42. The minimum Gasteiger partial charge on any atom is -0.166 e. The maximum absolute atomic E-state index is 13.9. The van der Waals surface area contributed by atoms with Gasteiger partial charge in [0, 0.05) is 0 Å². The fourth-order valence-electron chi connectivity index (χ4n) is 6.43. The Morgan fingerprint density at radius 3 is 1.45 bits per heavy atom. The number of fused-ring (bicyclic) bond motifs is 5. The third kappa shape index (κ3) is 4.08. The first-order valence-corrected chi connectivity index (χ1v) is 13.4. The molecular weight excluding hydrogens is 546 g/mol. The average molecular weight is 569 g/mol. The lowest BCUT2D eigenvalue weighted by atomic mass is 9.92. The van der Waals surface area contributed by atoms with Crippen LogP contribution in [0.15, 0.2) is 97.1 Å². The van der Waals surface area contributed by atoms with Crippen molar-refractivity contribution in [3.05, 3.63) is 162 Å². The minimum absolute atomic E-state index is 0.445. The molecule has 0 unspecified atom stereocenters. The molecule has 5 aromatic rings. The van der Waals surface area contributed by atoms with Gasteiger partial charge < -0.3 is 0 Å². The minimum atomic E-state index is -4.51. The highest BCUT2D eigenvalue weighted by Crippen LogP contribution is 2.40. The Balaban J connectivity index is 1.59. The molecule has 0 radical (unpaired) electrons. The number of hydrogen-bond donors (Lipinski definition) is 0. The van der Waals surface area contributed by atoms with Crippen molar-refractivity contribution in [1.82, 2.24) is 0 Å². The van der Waals surface area contributed by atoms with E-state index < -0.39 is 23.5 Å². The molecule has 2 aliphatic rings. The Morgan fingerprint density at radius 1 is 0.405 bits per heavy atom. The maximum Gasteiger partial charge on any atom is 0.416 e. The lowest BCUT2D eigenvalue weighted by molar-refractivity contribution is -0.138. The molecule has 6 heteroatoms. The first kappa shape index (κ1) is 26.3. The van der Waals surface area contributed by atoms with E-state index in [0.29, 0.717) is 33.4 Å². The average Bonchev–Trinajstić information content (AvgIpc) is 3.42. The van der Waals surface area contributed by atoms with Gasteiger partial charge in [0.1, 0.15) is 0 Å². The molecule has 0 heterocycles. The number of halogens is 6. The van der Waals surface area contributed by atoms with Gasteiger partial charge in [-0.15, -0.1) is 0 Å². The van der Waals surface area contributed by atoms with Crippen LogP contribution in [0, 0.1) is 24.3 Å². The molecule has 0 N–H and O–H groups in total. The van der Waals surface area contributed by atoms with Gasteiger partial charge in [-0.3, -0.25) is 0 Å². The van der Waals surface area contributed by atoms with Crippen LogP contribution in [0.1, 0.15) is 44.5 Å². The van der Waals surface area contributed by atoms with Gasteiger partial charge in [0.25, 0.3) is 0 Å². The number of benzene rings is 5. The standard InChI is InChI=1S/C36H22F6/c1-19-11-21(15-23(13-19)35(37,38)39)33-27-9-5-3-7-25(27)29-17-30-26-8-4-6-10-28(26)34(32(30)18-31(29)33)22-12-20(2)14-24(16-22)36(40,41)42/h3-18H,1-2H3. The summed E-state index contributed by atoms with van der Waals surface area (Å²) in [5, 5.41) is 3.36. The van der Waals surface area contributed by atoms with Crippen LogP contribution in [0.25, 0.3) is 22.3 Å². The Labute approximate surface area is 237 Å². The third-order valence-corrected chi connectivity index (χ3v) is 8.06. The van der Waals surface area contributed by atoms with E-state index in [-0.39, 0.29) is 0 Å². The molecule has 208 valence electrons. The highest BCUT2D eigenvalue weighted by atomic mass is 19.4. The maximum atomic E-state index is 13.9. The summed E-state index contributed by atoms with van der Waals surface area (Å²) in [7, 11) is 0. The highest BCUT2D eigenvalue weighted by molar-refractivity contribution is 5.97. The van der Waals surface area contributed by atoms with Crippen LogP contribution in [0.5, 0.6) is 0 Å².